The first-order chi connectivity index (χ1) is 14.6. The third kappa shape index (κ3) is 4.92. The maximum Gasteiger partial charge on any atom is 0.324 e. The van der Waals surface area contributed by atoms with E-state index >= 15 is 0 Å². The molecule has 4 rings (SSSR count). The maximum absolute atomic E-state index is 13.2. The standard InChI is InChI=1S/C21H26ClN5O2S/c22-18-14-24-20(30-18)25-21(29)27(16-4-2-1-3-5-16)17-8-12-26(13-9-17)19(28)15-6-10-23-11-7-15/h6-7,10-11,14,16-17H,1-5,8-9,12-13H2,(H,24,25,29). The van der Waals surface area contributed by atoms with Gasteiger partial charge in [-0.2, -0.15) is 0 Å². The van der Waals surface area contributed by atoms with E-state index < -0.39 is 0 Å². The van der Waals surface area contributed by atoms with E-state index in [1.54, 1.807) is 30.7 Å². The van der Waals surface area contributed by atoms with E-state index in [2.05, 4.69) is 15.3 Å². The number of pyridine rings is 1. The Labute approximate surface area is 185 Å². The molecule has 1 aliphatic heterocycles. The summed E-state index contributed by atoms with van der Waals surface area (Å²) in [5.74, 6) is 0.0296. The van der Waals surface area contributed by atoms with Crippen molar-refractivity contribution < 1.29 is 9.59 Å². The zero-order valence-corrected chi connectivity index (χ0v) is 18.4. The van der Waals surface area contributed by atoms with Crippen LogP contribution in [0.2, 0.25) is 4.34 Å². The van der Waals surface area contributed by atoms with E-state index in [4.69, 9.17) is 11.6 Å². The van der Waals surface area contributed by atoms with Crippen molar-refractivity contribution >= 4 is 40.0 Å². The number of rotatable bonds is 4. The Morgan fingerprint density at radius 3 is 2.37 bits per heavy atom. The number of aromatic nitrogens is 2. The number of likely N-dealkylation sites (tertiary alicyclic amines) is 1. The van der Waals surface area contributed by atoms with E-state index in [1.807, 2.05) is 9.80 Å². The molecule has 2 aromatic rings. The second kappa shape index (κ2) is 9.75. The van der Waals surface area contributed by atoms with Crippen molar-refractivity contribution in [3.8, 4) is 0 Å². The first kappa shape index (κ1) is 21.1. The van der Waals surface area contributed by atoms with Gasteiger partial charge in [-0.3, -0.25) is 15.1 Å². The molecule has 30 heavy (non-hydrogen) atoms. The average Bonchev–Trinajstić information content (AvgIpc) is 3.19. The normalized spacial score (nSPS) is 18.2. The Bertz CT molecular complexity index is 863. The van der Waals surface area contributed by atoms with Gasteiger partial charge in [-0.15, -0.1) is 0 Å². The van der Waals surface area contributed by atoms with Gasteiger partial charge >= 0.3 is 6.03 Å². The number of hydrogen-bond acceptors (Lipinski definition) is 5. The van der Waals surface area contributed by atoms with Crippen LogP contribution in [-0.4, -0.2) is 56.9 Å². The molecule has 0 bridgehead atoms. The predicted octanol–water partition coefficient (Wildman–Crippen LogP) is 4.66. The van der Waals surface area contributed by atoms with Crippen LogP contribution in [0.1, 0.15) is 55.3 Å². The van der Waals surface area contributed by atoms with Crippen LogP contribution < -0.4 is 5.32 Å². The molecule has 3 heterocycles. The molecule has 1 saturated heterocycles. The van der Waals surface area contributed by atoms with Crippen molar-refractivity contribution in [3.63, 3.8) is 0 Å². The number of amides is 3. The smallest absolute Gasteiger partial charge is 0.324 e. The van der Waals surface area contributed by atoms with Gasteiger partial charge in [0.25, 0.3) is 5.91 Å². The van der Waals surface area contributed by atoms with Gasteiger partial charge in [0.05, 0.1) is 6.20 Å². The fourth-order valence-electron chi connectivity index (χ4n) is 4.48. The summed E-state index contributed by atoms with van der Waals surface area (Å²) in [6.07, 6.45) is 12.0. The van der Waals surface area contributed by atoms with Crippen molar-refractivity contribution in [2.75, 3.05) is 18.4 Å². The van der Waals surface area contributed by atoms with Gasteiger partial charge < -0.3 is 9.80 Å². The number of carbonyl (C=O) groups excluding carboxylic acids is 2. The molecule has 160 valence electrons. The molecule has 7 nitrogen and oxygen atoms in total. The monoisotopic (exact) mass is 447 g/mol. The van der Waals surface area contributed by atoms with Crippen LogP contribution in [0.25, 0.3) is 0 Å². The summed E-state index contributed by atoms with van der Waals surface area (Å²) in [5.41, 5.74) is 0.658. The van der Waals surface area contributed by atoms with Crippen molar-refractivity contribution in [1.29, 1.82) is 0 Å². The molecule has 3 amide bonds. The lowest BCUT2D eigenvalue weighted by atomic mass is 9.91. The molecular weight excluding hydrogens is 422 g/mol. The van der Waals surface area contributed by atoms with Gasteiger partial charge in [-0.25, -0.2) is 9.78 Å². The van der Waals surface area contributed by atoms with Crippen molar-refractivity contribution in [3.05, 3.63) is 40.6 Å². The lowest BCUT2D eigenvalue weighted by Gasteiger charge is -2.43. The average molecular weight is 448 g/mol. The van der Waals surface area contributed by atoms with Crippen LogP contribution in [0.5, 0.6) is 0 Å². The number of hydrogen-bond donors (Lipinski definition) is 1. The molecule has 0 unspecified atom stereocenters. The van der Waals surface area contributed by atoms with Gasteiger partial charge in [-0.05, 0) is 37.8 Å². The lowest BCUT2D eigenvalue weighted by Crippen LogP contribution is -2.54. The van der Waals surface area contributed by atoms with Gasteiger partial charge in [0, 0.05) is 43.1 Å². The third-order valence-electron chi connectivity index (χ3n) is 5.97. The fraction of sp³-hybridized carbons (Fsp3) is 0.524. The van der Waals surface area contributed by atoms with Crippen LogP contribution >= 0.6 is 22.9 Å². The molecule has 2 fully saturated rings. The first-order valence-electron chi connectivity index (χ1n) is 10.5. The van der Waals surface area contributed by atoms with E-state index in [1.165, 1.54) is 17.8 Å². The summed E-state index contributed by atoms with van der Waals surface area (Å²) in [5, 5.41) is 3.46. The van der Waals surface area contributed by atoms with Gasteiger partial charge in [0.1, 0.15) is 4.34 Å². The van der Waals surface area contributed by atoms with Crippen LogP contribution in [0.4, 0.5) is 9.93 Å². The van der Waals surface area contributed by atoms with E-state index in [0.29, 0.717) is 28.1 Å². The number of nitrogens with one attached hydrogen (secondary N) is 1. The second-order valence-corrected chi connectivity index (χ2v) is 9.52. The molecule has 9 heteroatoms. The number of anilines is 1. The van der Waals surface area contributed by atoms with Crippen LogP contribution in [-0.2, 0) is 0 Å². The summed E-state index contributed by atoms with van der Waals surface area (Å²) in [6, 6.07) is 3.74. The first-order valence-corrected chi connectivity index (χ1v) is 11.7. The van der Waals surface area contributed by atoms with Crippen molar-refractivity contribution in [2.24, 2.45) is 0 Å². The molecule has 0 radical (unpaired) electrons. The Morgan fingerprint density at radius 1 is 1.07 bits per heavy atom. The number of nitrogens with zero attached hydrogens (tertiary/aromatic N) is 4. The summed E-state index contributed by atoms with van der Waals surface area (Å²) in [4.78, 5) is 38.0. The highest BCUT2D eigenvalue weighted by Gasteiger charge is 2.35. The highest BCUT2D eigenvalue weighted by molar-refractivity contribution is 7.19. The summed E-state index contributed by atoms with van der Waals surface area (Å²) >= 11 is 7.23. The fourth-order valence-corrected chi connectivity index (χ4v) is 5.28. The molecule has 1 aliphatic carbocycles. The quantitative estimate of drug-likeness (QED) is 0.739. The van der Waals surface area contributed by atoms with Gasteiger partial charge in [-0.1, -0.05) is 42.2 Å². The summed E-state index contributed by atoms with van der Waals surface area (Å²) in [7, 11) is 0. The van der Waals surface area contributed by atoms with Crippen molar-refractivity contribution in [1.82, 2.24) is 19.8 Å². The molecule has 1 saturated carbocycles. The van der Waals surface area contributed by atoms with E-state index in [-0.39, 0.29) is 24.0 Å². The molecule has 2 aliphatic rings. The zero-order chi connectivity index (χ0) is 20.9. The summed E-state index contributed by atoms with van der Waals surface area (Å²) < 4.78 is 0.553. The topological polar surface area (TPSA) is 78.4 Å². The van der Waals surface area contributed by atoms with Crippen LogP contribution in [0.3, 0.4) is 0 Å². The Kier molecular flexibility index (Phi) is 6.84. The second-order valence-electron chi connectivity index (χ2n) is 7.86. The molecule has 0 aromatic carbocycles. The lowest BCUT2D eigenvalue weighted by molar-refractivity contribution is 0.0595. The van der Waals surface area contributed by atoms with E-state index in [9.17, 15) is 9.59 Å². The zero-order valence-electron chi connectivity index (χ0n) is 16.8. The minimum atomic E-state index is -0.105. The van der Waals surface area contributed by atoms with Gasteiger partial charge in [0.2, 0.25) is 0 Å². The van der Waals surface area contributed by atoms with E-state index in [0.717, 1.165) is 38.5 Å². The molecule has 0 atom stereocenters. The van der Waals surface area contributed by atoms with Crippen LogP contribution in [0.15, 0.2) is 30.7 Å². The molecule has 0 spiro atoms. The van der Waals surface area contributed by atoms with Gasteiger partial charge in [0.15, 0.2) is 5.13 Å². The molecule has 2 aromatic heterocycles. The highest BCUT2D eigenvalue weighted by atomic mass is 35.5. The minimum Gasteiger partial charge on any atom is -0.338 e. The highest BCUT2D eigenvalue weighted by Crippen LogP contribution is 2.30. The molecular formula is C21H26ClN5O2S. The third-order valence-corrected chi connectivity index (χ3v) is 7.00. The Balaban J connectivity index is 1.43. The number of halogens is 1. The Hall–Kier alpha value is -2.19. The maximum atomic E-state index is 13.2. The predicted molar refractivity (Wildman–Crippen MR) is 118 cm³/mol. The number of urea groups is 1. The molecule has 1 N–H and O–H groups in total. The number of thiazole rings is 1. The summed E-state index contributed by atoms with van der Waals surface area (Å²) in [6.45, 7) is 1.29. The van der Waals surface area contributed by atoms with Crippen molar-refractivity contribution in [2.45, 2.75) is 57.0 Å². The Morgan fingerprint density at radius 2 is 1.73 bits per heavy atom. The van der Waals surface area contributed by atoms with Crippen LogP contribution in [0, 0.1) is 0 Å². The largest absolute Gasteiger partial charge is 0.338 e. The number of carbonyl (C=O) groups is 2. The SMILES string of the molecule is O=C(c1ccncc1)N1CCC(N(C(=O)Nc2ncc(Cl)s2)C2CCCCC2)CC1. The number of piperidine rings is 1. The minimum absolute atomic E-state index is 0.0296.